The fourth-order valence-corrected chi connectivity index (χ4v) is 2.32. The predicted molar refractivity (Wildman–Crippen MR) is 84.8 cm³/mol. The van der Waals surface area contributed by atoms with Crippen LogP contribution in [0.25, 0.3) is 0 Å². The average Bonchev–Trinajstić information content (AvgIpc) is 2.66. The summed E-state index contributed by atoms with van der Waals surface area (Å²) in [4.78, 5) is 16.3. The molecular formula is C15H18ClN3O3. The second kappa shape index (κ2) is 6.81. The summed E-state index contributed by atoms with van der Waals surface area (Å²) in [5.74, 6) is 1.29. The van der Waals surface area contributed by atoms with Gasteiger partial charge in [0.15, 0.2) is 5.89 Å². The van der Waals surface area contributed by atoms with Crippen molar-refractivity contribution >= 4 is 24.0 Å². The number of aryl methyl sites for hydroxylation is 2. The number of aromatic nitrogens is 1. The van der Waals surface area contributed by atoms with Crippen LogP contribution in [0.4, 0.5) is 5.69 Å². The molecule has 1 aliphatic heterocycles. The van der Waals surface area contributed by atoms with Crippen LogP contribution in [0, 0.1) is 13.8 Å². The lowest BCUT2D eigenvalue weighted by Crippen LogP contribution is -2.16. The van der Waals surface area contributed by atoms with Gasteiger partial charge in [0.25, 0.3) is 5.91 Å². The van der Waals surface area contributed by atoms with Crippen LogP contribution in [0.15, 0.2) is 22.6 Å². The van der Waals surface area contributed by atoms with Crippen molar-refractivity contribution in [3.63, 3.8) is 0 Å². The number of carbonyl (C=O) groups is 1. The molecule has 1 aliphatic rings. The number of nitrogens with one attached hydrogen (secondary N) is 2. The number of fused-ring (bicyclic) bond motifs is 1. The minimum absolute atomic E-state index is 0. The number of anilines is 1. The standard InChI is InChI=1S/C15H17N3O3.ClH/c1-9-14(21-10(2)17-9)15(19)18-12-3-4-13-11(7-12)8-16-5-6-20-13;/h3-4,7,16H,5-6,8H2,1-2H3,(H,18,19);1H. The van der Waals surface area contributed by atoms with Gasteiger partial charge in [0.05, 0.1) is 5.69 Å². The van der Waals surface area contributed by atoms with Gasteiger partial charge >= 0.3 is 0 Å². The van der Waals surface area contributed by atoms with E-state index >= 15 is 0 Å². The lowest BCUT2D eigenvalue weighted by Gasteiger charge is -2.09. The Balaban J connectivity index is 0.00000176. The molecule has 7 heteroatoms. The molecule has 118 valence electrons. The molecule has 22 heavy (non-hydrogen) atoms. The van der Waals surface area contributed by atoms with Gasteiger partial charge in [-0.3, -0.25) is 4.79 Å². The second-order valence-electron chi connectivity index (χ2n) is 4.95. The van der Waals surface area contributed by atoms with E-state index in [1.165, 1.54) is 0 Å². The molecule has 0 radical (unpaired) electrons. The van der Waals surface area contributed by atoms with Crippen molar-refractivity contribution in [2.45, 2.75) is 20.4 Å². The molecule has 6 nitrogen and oxygen atoms in total. The maximum Gasteiger partial charge on any atom is 0.293 e. The Hall–Kier alpha value is -2.05. The van der Waals surface area contributed by atoms with Crippen molar-refractivity contribution in [2.24, 2.45) is 0 Å². The Morgan fingerprint density at radius 1 is 1.36 bits per heavy atom. The highest BCUT2D eigenvalue weighted by molar-refractivity contribution is 6.03. The van der Waals surface area contributed by atoms with Gasteiger partial charge < -0.3 is 19.8 Å². The Bertz CT molecular complexity index is 685. The molecule has 0 atom stereocenters. The van der Waals surface area contributed by atoms with Crippen molar-refractivity contribution in [1.82, 2.24) is 10.3 Å². The third-order valence-electron chi connectivity index (χ3n) is 3.28. The van der Waals surface area contributed by atoms with Crippen LogP contribution in [0.3, 0.4) is 0 Å². The molecule has 1 amide bonds. The third-order valence-corrected chi connectivity index (χ3v) is 3.28. The van der Waals surface area contributed by atoms with Crippen molar-refractivity contribution in [2.75, 3.05) is 18.5 Å². The number of oxazole rings is 1. The van der Waals surface area contributed by atoms with Crippen LogP contribution in [-0.4, -0.2) is 24.0 Å². The predicted octanol–water partition coefficient (Wildman–Crippen LogP) is 2.45. The maximum atomic E-state index is 12.2. The number of hydrogen-bond donors (Lipinski definition) is 2. The highest BCUT2D eigenvalue weighted by atomic mass is 35.5. The van der Waals surface area contributed by atoms with Gasteiger partial charge in [0, 0.05) is 31.3 Å². The van der Waals surface area contributed by atoms with Crippen LogP contribution < -0.4 is 15.4 Å². The van der Waals surface area contributed by atoms with E-state index in [1.807, 2.05) is 18.2 Å². The van der Waals surface area contributed by atoms with E-state index in [0.717, 1.165) is 24.4 Å². The number of ether oxygens (including phenoxy) is 1. The molecule has 2 heterocycles. The fraction of sp³-hybridized carbons (Fsp3) is 0.333. The van der Waals surface area contributed by atoms with Crippen LogP contribution in [0.2, 0.25) is 0 Å². The number of benzene rings is 1. The molecule has 1 aromatic carbocycles. The van der Waals surface area contributed by atoms with Gasteiger partial charge in [-0.1, -0.05) is 0 Å². The van der Waals surface area contributed by atoms with Gasteiger partial charge in [0.1, 0.15) is 12.4 Å². The van der Waals surface area contributed by atoms with Crippen molar-refractivity contribution in [1.29, 1.82) is 0 Å². The Morgan fingerprint density at radius 2 is 2.18 bits per heavy atom. The summed E-state index contributed by atoms with van der Waals surface area (Å²) in [6.07, 6.45) is 0. The van der Waals surface area contributed by atoms with Crippen LogP contribution in [-0.2, 0) is 6.54 Å². The largest absolute Gasteiger partial charge is 0.492 e. The summed E-state index contributed by atoms with van der Waals surface area (Å²) in [7, 11) is 0. The zero-order valence-corrected chi connectivity index (χ0v) is 13.3. The number of nitrogens with zero attached hydrogens (tertiary/aromatic N) is 1. The van der Waals surface area contributed by atoms with Crippen molar-refractivity contribution in [3.8, 4) is 5.75 Å². The first kappa shape index (κ1) is 16.3. The zero-order chi connectivity index (χ0) is 14.8. The molecule has 0 saturated carbocycles. The van der Waals surface area contributed by atoms with E-state index in [1.54, 1.807) is 13.8 Å². The van der Waals surface area contributed by atoms with Crippen molar-refractivity contribution in [3.05, 3.63) is 41.1 Å². The molecule has 0 unspecified atom stereocenters. The van der Waals surface area contributed by atoms with Crippen LogP contribution in [0.5, 0.6) is 5.75 Å². The smallest absolute Gasteiger partial charge is 0.293 e. The zero-order valence-electron chi connectivity index (χ0n) is 12.4. The molecule has 0 saturated heterocycles. The summed E-state index contributed by atoms with van der Waals surface area (Å²) in [6.45, 7) is 5.65. The van der Waals surface area contributed by atoms with E-state index in [0.29, 0.717) is 23.9 Å². The normalized spacial score (nSPS) is 13.4. The summed E-state index contributed by atoms with van der Waals surface area (Å²) >= 11 is 0. The summed E-state index contributed by atoms with van der Waals surface area (Å²) in [5, 5.41) is 6.09. The number of halogens is 1. The lowest BCUT2D eigenvalue weighted by atomic mass is 10.1. The van der Waals surface area contributed by atoms with Gasteiger partial charge in [0.2, 0.25) is 5.76 Å². The minimum atomic E-state index is -0.296. The molecular weight excluding hydrogens is 306 g/mol. The summed E-state index contributed by atoms with van der Waals surface area (Å²) < 4.78 is 10.9. The van der Waals surface area contributed by atoms with Gasteiger partial charge in [-0.2, -0.15) is 0 Å². The van der Waals surface area contributed by atoms with Gasteiger partial charge in [-0.05, 0) is 25.1 Å². The summed E-state index contributed by atoms with van der Waals surface area (Å²) in [6, 6.07) is 5.60. The number of rotatable bonds is 2. The maximum absolute atomic E-state index is 12.2. The highest BCUT2D eigenvalue weighted by Gasteiger charge is 2.17. The first-order valence-electron chi connectivity index (χ1n) is 6.85. The Morgan fingerprint density at radius 3 is 2.91 bits per heavy atom. The first-order chi connectivity index (χ1) is 10.1. The average molecular weight is 324 g/mol. The minimum Gasteiger partial charge on any atom is -0.492 e. The van der Waals surface area contributed by atoms with Gasteiger partial charge in [-0.25, -0.2) is 4.98 Å². The Kier molecular flexibility index (Phi) is 5.05. The Labute approximate surface area is 134 Å². The molecule has 2 N–H and O–H groups in total. The fourth-order valence-electron chi connectivity index (χ4n) is 2.32. The van der Waals surface area contributed by atoms with E-state index < -0.39 is 0 Å². The van der Waals surface area contributed by atoms with E-state index in [9.17, 15) is 4.79 Å². The van der Waals surface area contributed by atoms with Gasteiger partial charge in [-0.15, -0.1) is 12.4 Å². The third kappa shape index (κ3) is 3.40. The lowest BCUT2D eigenvalue weighted by molar-refractivity contribution is 0.0994. The second-order valence-corrected chi connectivity index (χ2v) is 4.95. The molecule has 0 bridgehead atoms. The van der Waals surface area contributed by atoms with E-state index in [4.69, 9.17) is 9.15 Å². The van der Waals surface area contributed by atoms with Crippen LogP contribution >= 0.6 is 12.4 Å². The molecule has 0 aliphatic carbocycles. The van der Waals surface area contributed by atoms with E-state index in [2.05, 4.69) is 15.6 Å². The van der Waals surface area contributed by atoms with Crippen LogP contribution in [0.1, 0.15) is 27.7 Å². The molecule has 0 fully saturated rings. The quantitative estimate of drug-likeness (QED) is 0.887. The first-order valence-corrected chi connectivity index (χ1v) is 6.85. The van der Waals surface area contributed by atoms with E-state index in [-0.39, 0.29) is 24.1 Å². The monoisotopic (exact) mass is 323 g/mol. The number of carbonyl (C=O) groups excluding carboxylic acids is 1. The SMILES string of the molecule is Cc1nc(C)c(C(=O)Nc2ccc3c(c2)CNCCO3)o1.Cl. The molecule has 3 rings (SSSR count). The summed E-state index contributed by atoms with van der Waals surface area (Å²) in [5.41, 5.74) is 2.32. The topological polar surface area (TPSA) is 76.4 Å². The molecule has 2 aromatic rings. The molecule has 1 aromatic heterocycles. The number of amides is 1. The highest BCUT2D eigenvalue weighted by Crippen LogP contribution is 2.24. The number of hydrogen-bond acceptors (Lipinski definition) is 5. The van der Waals surface area contributed by atoms with Crippen molar-refractivity contribution < 1.29 is 13.9 Å². The molecule has 0 spiro atoms.